The summed E-state index contributed by atoms with van der Waals surface area (Å²) in [6.45, 7) is 0.392. The maximum Gasteiger partial charge on any atom is 0.340 e. The van der Waals surface area contributed by atoms with E-state index >= 15 is 0 Å². The van der Waals surface area contributed by atoms with Crippen LogP contribution < -0.4 is 15.2 Å². The first-order chi connectivity index (χ1) is 10.6. The van der Waals surface area contributed by atoms with Gasteiger partial charge in [0, 0.05) is 10.2 Å². The lowest BCUT2D eigenvalue weighted by Gasteiger charge is -2.09. The maximum absolute atomic E-state index is 11.9. The summed E-state index contributed by atoms with van der Waals surface area (Å²) in [6.07, 6.45) is 0. The SMILES string of the molecule is COc1ccc(OCCOC(=O)c2cc(Br)ccc2N)cc1. The molecule has 0 spiro atoms. The third-order valence-electron chi connectivity index (χ3n) is 2.88. The van der Waals surface area contributed by atoms with Crippen molar-refractivity contribution in [3.63, 3.8) is 0 Å². The Kier molecular flexibility index (Phi) is 5.66. The minimum Gasteiger partial charge on any atom is -0.497 e. The van der Waals surface area contributed by atoms with Gasteiger partial charge in [0.2, 0.25) is 0 Å². The van der Waals surface area contributed by atoms with Gasteiger partial charge < -0.3 is 19.9 Å². The molecule has 2 aromatic rings. The number of halogens is 1. The predicted molar refractivity (Wildman–Crippen MR) is 87.3 cm³/mol. The Bertz CT molecular complexity index is 643. The number of esters is 1. The Labute approximate surface area is 137 Å². The van der Waals surface area contributed by atoms with Crippen LogP contribution >= 0.6 is 15.9 Å². The topological polar surface area (TPSA) is 70.8 Å². The van der Waals surface area contributed by atoms with E-state index in [2.05, 4.69) is 15.9 Å². The zero-order valence-corrected chi connectivity index (χ0v) is 13.6. The second-order valence-electron chi connectivity index (χ2n) is 4.39. The number of carbonyl (C=O) groups excluding carboxylic acids is 1. The fourth-order valence-corrected chi connectivity index (χ4v) is 2.11. The van der Waals surface area contributed by atoms with Gasteiger partial charge in [-0.05, 0) is 42.5 Å². The fraction of sp³-hybridized carbons (Fsp3) is 0.188. The Hall–Kier alpha value is -2.21. The summed E-state index contributed by atoms with van der Waals surface area (Å²) < 4.78 is 16.4. The molecule has 0 saturated heterocycles. The number of methoxy groups -OCH3 is 1. The van der Waals surface area contributed by atoms with Crippen molar-refractivity contribution in [2.75, 3.05) is 26.1 Å². The van der Waals surface area contributed by atoms with Crippen molar-refractivity contribution in [2.24, 2.45) is 0 Å². The molecule has 2 aromatic carbocycles. The standard InChI is InChI=1S/C16H16BrNO4/c1-20-12-3-5-13(6-4-12)21-8-9-22-16(19)14-10-11(17)2-7-15(14)18/h2-7,10H,8-9,18H2,1H3. The second kappa shape index (κ2) is 7.70. The van der Waals surface area contributed by atoms with Crippen molar-refractivity contribution in [2.45, 2.75) is 0 Å². The second-order valence-corrected chi connectivity index (χ2v) is 5.31. The van der Waals surface area contributed by atoms with Crippen LogP contribution in [-0.4, -0.2) is 26.3 Å². The summed E-state index contributed by atoms with van der Waals surface area (Å²) in [5.41, 5.74) is 6.46. The molecule has 0 aromatic heterocycles. The average molecular weight is 366 g/mol. The van der Waals surface area contributed by atoms with E-state index in [-0.39, 0.29) is 13.2 Å². The van der Waals surface area contributed by atoms with Gasteiger partial charge in [0.25, 0.3) is 0 Å². The first-order valence-electron chi connectivity index (χ1n) is 6.59. The van der Waals surface area contributed by atoms with Crippen LogP contribution in [0.4, 0.5) is 5.69 Å². The van der Waals surface area contributed by atoms with Gasteiger partial charge in [0.1, 0.15) is 24.7 Å². The Balaban J connectivity index is 1.80. The zero-order valence-electron chi connectivity index (χ0n) is 12.0. The molecule has 22 heavy (non-hydrogen) atoms. The van der Waals surface area contributed by atoms with Crippen molar-refractivity contribution in [3.05, 3.63) is 52.5 Å². The van der Waals surface area contributed by atoms with Crippen molar-refractivity contribution in [3.8, 4) is 11.5 Å². The van der Waals surface area contributed by atoms with Crippen LogP contribution in [0.1, 0.15) is 10.4 Å². The van der Waals surface area contributed by atoms with E-state index < -0.39 is 5.97 Å². The van der Waals surface area contributed by atoms with Gasteiger partial charge in [0.05, 0.1) is 12.7 Å². The average Bonchev–Trinajstić information content (AvgIpc) is 2.54. The number of hydrogen-bond donors (Lipinski definition) is 1. The summed E-state index contributed by atoms with van der Waals surface area (Å²) in [7, 11) is 1.60. The number of hydrogen-bond acceptors (Lipinski definition) is 5. The highest BCUT2D eigenvalue weighted by Crippen LogP contribution is 2.19. The van der Waals surface area contributed by atoms with Crippen LogP contribution in [-0.2, 0) is 4.74 Å². The Morgan fingerprint density at radius 1 is 1.09 bits per heavy atom. The third-order valence-corrected chi connectivity index (χ3v) is 3.37. The number of ether oxygens (including phenoxy) is 3. The first-order valence-corrected chi connectivity index (χ1v) is 7.38. The van der Waals surface area contributed by atoms with E-state index in [1.807, 2.05) is 0 Å². The van der Waals surface area contributed by atoms with Crippen LogP contribution in [0.5, 0.6) is 11.5 Å². The van der Waals surface area contributed by atoms with Crippen LogP contribution in [0.3, 0.4) is 0 Å². The Morgan fingerprint density at radius 3 is 2.45 bits per heavy atom. The van der Waals surface area contributed by atoms with Gasteiger partial charge >= 0.3 is 5.97 Å². The number of anilines is 1. The van der Waals surface area contributed by atoms with Gasteiger partial charge in [-0.2, -0.15) is 0 Å². The molecule has 0 saturated carbocycles. The number of nitrogens with two attached hydrogens (primary N) is 1. The molecule has 0 aliphatic heterocycles. The van der Waals surface area contributed by atoms with E-state index in [1.165, 1.54) is 0 Å². The van der Waals surface area contributed by atoms with E-state index in [4.69, 9.17) is 19.9 Å². The molecule has 0 fully saturated rings. The minimum atomic E-state index is -0.475. The van der Waals surface area contributed by atoms with E-state index in [0.29, 0.717) is 17.0 Å². The van der Waals surface area contributed by atoms with Crippen molar-refractivity contribution >= 4 is 27.6 Å². The van der Waals surface area contributed by atoms with Crippen LogP contribution in [0, 0.1) is 0 Å². The molecule has 0 unspecified atom stereocenters. The molecule has 6 heteroatoms. The van der Waals surface area contributed by atoms with E-state index in [1.54, 1.807) is 49.6 Å². The largest absolute Gasteiger partial charge is 0.497 e. The smallest absolute Gasteiger partial charge is 0.340 e. The molecule has 116 valence electrons. The number of rotatable bonds is 6. The molecule has 2 rings (SSSR count). The summed E-state index contributed by atoms with van der Waals surface area (Å²) in [5.74, 6) is 0.958. The molecule has 0 heterocycles. The predicted octanol–water partition coefficient (Wildman–Crippen LogP) is 3.28. The number of carbonyl (C=O) groups is 1. The maximum atomic E-state index is 11.9. The molecule has 2 N–H and O–H groups in total. The summed E-state index contributed by atoms with van der Waals surface area (Å²) in [5, 5.41) is 0. The summed E-state index contributed by atoms with van der Waals surface area (Å²) in [4.78, 5) is 11.9. The van der Waals surface area contributed by atoms with Gasteiger partial charge in [-0.3, -0.25) is 0 Å². The first kappa shape index (κ1) is 16.2. The minimum absolute atomic E-state index is 0.136. The van der Waals surface area contributed by atoms with Crippen molar-refractivity contribution in [1.82, 2.24) is 0 Å². The van der Waals surface area contributed by atoms with Crippen LogP contribution in [0.2, 0.25) is 0 Å². The highest BCUT2D eigenvalue weighted by molar-refractivity contribution is 9.10. The molecule has 0 aliphatic carbocycles. The third kappa shape index (κ3) is 4.39. The number of nitrogen functional groups attached to an aromatic ring is 1. The highest BCUT2D eigenvalue weighted by Gasteiger charge is 2.11. The van der Waals surface area contributed by atoms with Crippen LogP contribution in [0.25, 0.3) is 0 Å². The zero-order chi connectivity index (χ0) is 15.9. The van der Waals surface area contributed by atoms with Gasteiger partial charge in [-0.1, -0.05) is 15.9 Å². The van der Waals surface area contributed by atoms with Gasteiger partial charge in [0.15, 0.2) is 0 Å². The van der Waals surface area contributed by atoms with E-state index in [0.717, 1.165) is 10.2 Å². The lowest BCUT2D eigenvalue weighted by molar-refractivity contribution is 0.0451. The molecular weight excluding hydrogens is 350 g/mol. The molecule has 0 bridgehead atoms. The van der Waals surface area contributed by atoms with Crippen LogP contribution in [0.15, 0.2) is 46.9 Å². The van der Waals surface area contributed by atoms with Gasteiger partial charge in [-0.15, -0.1) is 0 Å². The highest BCUT2D eigenvalue weighted by atomic mass is 79.9. The lowest BCUT2D eigenvalue weighted by Crippen LogP contribution is -2.13. The molecule has 0 aliphatic rings. The van der Waals surface area contributed by atoms with Crippen molar-refractivity contribution in [1.29, 1.82) is 0 Å². The quantitative estimate of drug-likeness (QED) is 0.483. The summed E-state index contributed by atoms with van der Waals surface area (Å²) in [6, 6.07) is 12.2. The van der Waals surface area contributed by atoms with Gasteiger partial charge in [-0.25, -0.2) is 4.79 Å². The van der Waals surface area contributed by atoms with E-state index in [9.17, 15) is 4.79 Å². The van der Waals surface area contributed by atoms with Crippen molar-refractivity contribution < 1.29 is 19.0 Å². The molecule has 0 amide bonds. The monoisotopic (exact) mass is 365 g/mol. The summed E-state index contributed by atoms with van der Waals surface area (Å²) >= 11 is 3.29. The molecule has 5 nitrogen and oxygen atoms in total. The fourth-order valence-electron chi connectivity index (χ4n) is 1.75. The lowest BCUT2D eigenvalue weighted by atomic mass is 10.2. The normalized spacial score (nSPS) is 10.1. The number of benzene rings is 2. The molecule has 0 atom stereocenters. The Morgan fingerprint density at radius 2 is 1.77 bits per heavy atom. The molecule has 0 radical (unpaired) electrons. The molecular formula is C16H16BrNO4.